The molecule has 0 saturated carbocycles. The average Bonchev–Trinajstić information content (AvgIpc) is 2.49. The molecule has 0 aliphatic carbocycles. The van der Waals surface area contributed by atoms with Gasteiger partial charge >= 0.3 is 6.18 Å². The van der Waals surface area contributed by atoms with Crippen LogP contribution in [0.3, 0.4) is 0 Å². The molecule has 1 fully saturated rings. The Bertz CT molecular complexity index is 546. The lowest BCUT2D eigenvalue weighted by molar-refractivity contribution is -0.138. The van der Waals surface area contributed by atoms with Gasteiger partial charge in [0.05, 0.1) is 5.56 Å². The minimum Gasteiger partial charge on any atom is -0.388 e. The van der Waals surface area contributed by atoms with E-state index in [0.717, 1.165) is 38.8 Å². The normalized spacial score (nSPS) is 17.2. The zero-order valence-corrected chi connectivity index (χ0v) is 12.4. The third-order valence-corrected chi connectivity index (χ3v) is 3.86. The van der Waals surface area contributed by atoms with Gasteiger partial charge in [-0.05, 0) is 24.2 Å². The highest BCUT2D eigenvalue weighted by Gasteiger charge is 2.34. The number of nitrogens with zero attached hydrogens (tertiary/aromatic N) is 3. The summed E-state index contributed by atoms with van der Waals surface area (Å²) in [6.45, 7) is 6.52. The van der Waals surface area contributed by atoms with Crippen molar-refractivity contribution in [1.82, 2.24) is 9.80 Å². The van der Waals surface area contributed by atoms with Gasteiger partial charge in [-0.2, -0.15) is 13.2 Å². The molecule has 0 aromatic heterocycles. The minimum atomic E-state index is -4.46. The standard InChI is InChI=1S/C15H18F3N3O/c1-2-20-5-7-21(8-6-20)10-12-3-4-13(22-11-19)9-14(12)15(16,17)18/h3-4,9H,2,5-8,10H2,1H3. The van der Waals surface area contributed by atoms with Gasteiger partial charge in [0.15, 0.2) is 0 Å². The lowest BCUT2D eigenvalue weighted by Crippen LogP contribution is -2.45. The number of rotatable bonds is 4. The highest BCUT2D eigenvalue weighted by atomic mass is 19.4. The molecule has 1 aromatic carbocycles. The van der Waals surface area contributed by atoms with Crippen LogP contribution < -0.4 is 4.74 Å². The molecular weight excluding hydrogens is 295 g/mol. The Morgan fingerprint density at radius 3 is 2.36 bits per heavy atom. The lowest BCUT2D eigenvalue weighted by atomic mass is 10.1. The largest absolute Gasteiger partial charge is 0.416 e. The van der Waals surface area contributed by atoms with Crippen molar-refractivity contribution < 1.29 is 17.9 Å². The Labute approximate surface area is 127 Å². The molecule has 120 valence electrons. The Morgan fingerprint density at radius 1 is 1.18 bits per heavy atom. The summed E-state index contributed by atoms with van der Waals surface area (Å²) in [5, 5.41) is 8.43. The minimum absolute atomic E-state index is 0.0885. The third kappa shape index (κ3) is 4.12. The number of likely N-dealkylation sites (N-methyl/N-ethyl adjacent to an activating group) is 1. The molecule has 2 rings (SSSR count). The van der Waals surface area contributed by atoms with Crippen LogP contribution in [0.5, 0.6) is 5.75 Å². The molecule has 0 unspecified atom stereocenters. The zero-order valence-electron chi connectivity index (χ0n) is 12.4. The summed E-state index contributed by atoms with van der Waals surface area (Å²) >= 11 is 0. The van der Waals surface area contributed by atoms with Crippen molar-refractivity contribution >= 4 is 0 Å². The van der Waals surface area contributed by atoms with Crippen molar-refractivity contribution in [3.8, 4) is 12.0 Å². The predicted molar refractivity (Wildman–Crippen MR) is 75.1 cm³/mol. The maximum Gasteiger partial charge on any atom is 0.416 e. The van der Waals surface area contributed by atoms with Crippen molar-refractivity contribution in [1.29, 1.82) is 5.26 Å². The number of halogens is 3. The lowest BCUT2D eigenvalue weighted by Gasteiger charge is -2.34. The molecule has 0 N–H and O–H groups in total. The van der Waals surface area contributed by atoms with Crippen LogP contribution >= 0.6 is 0 Å². The Balaban J connectivity index is 2.15. The van der Waals surface area contributed by atoms with Gasteiger partial charge in [-0.1, -0.05) is 13.0 Å². The number of hydrogen-bond donors (Lipinski definition) is 0. The van der Waals surface area contributed by atoms with Gasteiger partial charge in [0.25, 0.3) is 6.26 Å². The van der Waals surface area contributed by atoms with Crippen LogP contribution in [0.4, 0.5) is 13.2 Å². The van der Waals surface area contributed by atoms with Gasteiger partial charge in [0.1, 0.15) is 5.75 Å². The van der Waals surface area contributed by atoms with E-state index in [1.165, 1.54) is 18.4 Å². The number of piperazine rings is 1. The molecule has 7 heteroatoms. The first-order chi connectivity index (χ1) is 10.4. The predicted octanol–water partition coefficient (Wildman–Crippen LogP) is 2.70. The van der Waals surface area contributed by atoms with Crippen LogP contribution in [-0.2, 0) is 12.7 Å². The number of hydrogen-bond acceptors (Lipinski definition) is 4. The number of benzene rings is 1. The van der Waals surface area contributed by atoms with E-state index >= 15 is 0 Å². The Morgan fingerprint density at radius 2 is 1.82 bits per heavy atom. The van der Waals surface area contributed by atoms with E-state index in [1.807, 2.05) is 4.90 Å². The van der Waals surface area contributed by atoms with Gasteiger partial charge in [-0.3, -0.25) is 4.90 Å². The van der Waals surface area contributed by atoms with E-state index in [4.69, 9.17) is 5.26 Å². The number of nitriles is 1. The van der Waals surface area contributed by atoms with E-state index < -0.39 is 11.7 Å². The molecular formula is C15H18F3N3O. The van der Waals surface area contributed by atoms with E-state index in [0.29, 0.717) is 0 Å². The topological polar surface area (TPSA) is 39.5 Å². The first-order valence-electron chi connectivity index (χ1n) is 7.14. The van der Waals surface area contributed by atoms with E-state index in [1.54, 1.807) is 0 Å². The van der Waals surface area contributed by atoms with Crippen LogP contribution in [-0.4, -0.2) is 42.5 Å². The van der Waals surface area contributed by atoms with Gasteiger partial charge in [-0.25, -0.2) is 0 Å². The second kappa shape index (κ2) is 6.99. The monoisotopic (exact) mass is 313 g/mol. The smallest absolute Gasteiger partial charge is 0.388 e. The van der Waals surface area contributed by atoms with E-state index in [9.17, 15) is 13.2 Å². The summed E-state index contributed by atoms with van der Waals surface area (Å²) in [4.78, 5) is 4.28. The molecule has 0 radical (unpaired) electrons. The Hall–Kier alpha value is -1.78. The van der Waals surface area contributed by atoms with Crippen molar-refractivity contribution in [3.05, 3.63) is 29.3 Å². The molecule has 0 amide bonds. The van der Waals surface area contributed by atoms with Gasteiger partial charge < -0.3 is 9.64 Å². The number of ether oxygens (including phenoxy) is 1. The highest BCUT2D eigenvalue weighted by Crippen LogP contribution is 2.35. The van der Waals surface area contributed by atoms with E-state index in [-0.39, 0.29) is 17.9 Å². The van der Waals surface area contributed by atoms with Crippen LogP contribution in [0.2, 0.25) is 0 Å². The molecule has 22 heavy (non-hydrogen) atoms. The maximum absolute atomic E-state index is 13.2. The molecule has 1 saturated heterocycles. The van der Waals surface area contributed by atoms with Crippen molar-refractivity contribution in [2.24, 2.45) is 0 Å². The summed E-state index contributed by atoms with van der Waals surface area (Å²) in [7, 11) is 0. The molecule has 1 heterocycles. The SMILES string of the molecule is CCN1CCN(Cc2ccc(OC#N)cc2C(F)(F)F)CC1. The van der Waals surface area contributed by atoms with Gasteiger partial charge in [0, 0.05) is 32.7 Å². The van der Waals surface area contributed by atoms with Crippen LogP contribution in [0, 0.1) is 11.5 Å². The summed E-state index contributed by atoms with van der Waals surface area (Å²) in [6.07, 6.45) is -3.07. The highest BCUT2D eigenvalue weighted by molar-refractivity contribution is 5.38. The zero-order chi connectivity index (χ0) is 16.2. The molecule has 1 aliphatic heterocycles. The van der Waals surface area contributed by atoms with Crippen LogP contribution in [0.25, 0.3) is 0 Å². The first-order valence-corrected chi connectivity index (χ1v) is 7.14. The third-order valence-electron chi connectivity index (χ3n) is 3.86. The summed E-state index contributed by atoms with van der Waals surface area (Å²) in [5.41, 5.74) is -0.527. The second-order valence-electron chi connectivity index (χ2n) is 5.22. The fourth-order valence-corrected chi connectivity index (χ4v) is 2.58. The van der Waals surface area contributed by atoms with Crippen molar-refractivity contribution in [2.75, 3.05) is 32.7 Å². The molecule has 0 bridgehead atoms. The van der Waals surface area contributed by atoms with Gasteiger partial charge in [-0.15, -0.1) is 5.26 Å². The van der Waals surface area contributed by atoms with E-state index in [2.05, 4.69) is 16.6 Å². The average molecular weight is 313 g/mol. The fraction of sp³-hybridized carbons (Fsp3) is 0.533. The maximum atomic E-state index is 13.2. The number of alkyl halides is 3. The molecule has 4 nitrogen and oxygen atoms in total. The van der Waals surface area contributed by atoms with Crippen molar-refractivity contribution in [3.63, 3.8) is 0 Å². The van der Waals surface area contributed by atoms with Crippen LogP contribution in [0.15, 0.2) is 18.2 Å². The molecule has 1 aliphatic rings. The quantitative estimate of drug-likeness (QED) is 0.801. The van der Waals surface area contributed by atoms with Gasteiger partial charge in [0.2, 0.25) is 0 Å². The molecule has 0 spiro atoms. The second-order valence-corrected chi connectivity index (χ2v) is 5.22. The molecule has 0 atom stereocenters. The summed E-state index contributed by atoms with van der Waals surface area (Å²) in [5.74, 6) is -0.0885. The summed E-state index contributed by atoms with van der Waals surface area (Å²) in [6, 6.07) is 3.68. The Kier molecular flexibility index (Phi) is 5.27. The van der Waals surface area contributed by atoms with Crippen LogP contribution in [0.1, 0.15) is 18.1 Å². The summed E-state index contributed by atoms with van der Waals surface area (Å²) < 4.78 is 44.0. The fourth-order valence-electron chi connectivity index (χ4n) is 2.58. The van der Waals surface area contributed by atoms with Crippen molar-refractivity contribution in [2.45, 2.75) is 19.6 Å². The first kappa shape index (κ1) is 16.6. The molecule has 1 aromatic rings.